The molecule has 0 saturated carbocycles. The summed E-state index contributed by atoms with van der Waals surface area (Å²) in [5.74, 6) is -2.92. The van der Waals surface area contributed by atoms with Crippen molar-refractivity contribution in [2.45, 2.75) is 5.92 Å². The van der Waals surface area contributed by atoms with E-state index >= 15 is 0 Å². The van der Waals surface area contributed by atoms with Gasteiger partial charge in [-0.05, 0) is 17.7 Å². The Kier molecular flexibility index (Phi) is 3.03. The van der Waals surface area contributed by atoms with E-state index < -0.39 is 12.5 Å². The van der Waals surface area contributed by atoms with Crippen molar-refractivity contribution in [2.24, 2.45) is 5.73 Å². The highest BCUT2D eigenvalue weighted by molar-refractivity contribution is 7.15. The topological polar surface area (TPSA) is 26.0 Å². The van der Waals surface area contributed by atoms with Crippen LogP contribution >= 0.6 is 11.3 Å². The Bertz CT molecular complexity index is 465. The number of hydrogen-bond acceptors (Lipinski definition) is 2. The van der Waals surface area contributed by atoms with Crippen LogP contribution in [0.5, 0.6) is 0 Å². The number of halogens is 2. The van der Waals surface area contributed by atoms with Gasteiger partial charge in [0.15, 0.2) is 0 Å². The van der Waals surface area contributed by atoms with Crippen LogP contribution < -0.4 is 5.73 Å². The Morgan fingerprint density at radius 2 is 1.75 bits per heavy atom. The summed E-state index contributed by atoms with van der Waals surface area (Å²) >= 11 is 1.09. The first-order chi connectivity index (χ1) is 7.63. The zero-order valence-electron chi connectivity index (χ0n) is 8.49. The first-order valence-corrected chi connectivity index (χ1v) is 5.69. The van der Waals surface area contributed by atoms with Crippen LogP contribution in [0.15, 0.2) is 42.5 Å². The summed E-state index contributed by atoms with van der Waals surface area (Å²) in [6.45, 7) is -0.651. The molecule has 1 aromatic carbocycles. The summed E-state index contributed by atoms with van der Waals surface area (Å²) < 4.78 is 26.6. The minimum atomic E-state index is -2.92. The van der Waals surface area contributed by atoms with E-state index in [1.54, 1.807) is 6.07 Å². The fourth-order valence-corrected chi connectivity index (χ4v) is 2.39. The van der Waals surface area contributed by atoms with Crippen LogP contribution in [0, 0.1) is 0 Å². The number of nitrogens with two attached hydrogens (primary N) is 1. The highest BCUT2D eigenvalue weighted by Crippen LogP contribution is 2.36. The Hall–Kier alpha value is -1.26. The minimum Gasteiger partial charge on any atom is -0.325 e. The molecule has 0 spiro atoms. The predicted octanol–water partition coefficient (Wildman–Crippen LogP) is 3.47. The summed E-state index contributed by atoms with van der Waals surface area (Å²) in [5.41, 5.74) is 5.99. The Morgan fingerprint density at radius 1 is 1.06 bits per heavy atom. The summed E-state index contributed by atoms with van der Waals surface area (Å²) in [6, 6.07) is 12.6. The number of alkyl halides is 2. The van der Waals surface area contributed by atoms with E-state index in [1.807, 2.05) is 30.3 Å². The Labute approximate surface area is 96.5 Å². The molecule has 0 saturated heterocycles. The van der Waals surface area contributed by atoms with Gasteiger partial charge in [-0.3, -0.25) is 0 Å². The standard InChI is InChI=1S/C12H11F2NS/c13-12(14,8-15)11-7-6-10(16-11)9-4-2-1-3-5-9/h1-7H,8,15H2. The first-order valence-electron chi connectivity index (χ1n) is 4.87. The molecule has 0 aliphatic heterocycles. The second-order valence-corrected chi connectivity index (χ2v) is 4.52. The van der Waals surface area contributed by atoms with Crippen LogP contribution in [0.3, 0.4) is 0 Å². The zero-order chi connectivity index (χ0) is 11.6. The lowest BCUT2D eigenvalue weighted by Gasteiger charge is -2.10. The molecule has 1 heterocycles. The molecular weight excluding hydrogens is 228 g/mol. The van der Waals surface area contributed by atoms with E-state index in [1.165, 1.54) is 6.07 Å². The maximum atomic E-state index is 13.3. The van der Waals surface area contributed by atoms with Crippen molar-refractivity contribution in [2.75, 3.05) is 6.54 Å². The highest BCUT2D eigenvalue weighted by atomic mass is 32.1. The first kappa shape index (κ1) is 11.2. The lowest BCUT2D eigenvalue weighted by Crippen LogP contribution is -2.23. The van der Waals surface area contributed by atoms with E-state index in [2.05, 4.69) is 0 Å². The van der Waals surface area contributed by atoms with Crippen LogP contribution in [-0.4, -0.2) is 6.54 Å². The van der Waals surface area contributed by atoms with Gasteiger partial charge in [0, 0.05) is 4.88 Å². The van der Waals surface area contributed by atoms with Crippen LogP contribution in [0.1, 0.15) is 4.88 Å². The normalized spacial score (nSPS) is 11.7. The molecule has 0 aliphatic carbocycles. The predicted molar refractivity (Wildman–Crippen MR) is 62.7 cm³/mol. The zero-order valence-corrected chi connectivity index (χ0v) is 9.31. The molecule has 4 heteroatoms. The smallest absolute Gasteiger partial charge is 0.294 e. The quantitative estimate of drug-likeness (QED) is 0.872. The average Bonchev–Trinajstić information content (AvgIpc) is 2.80. The van der Waals surface area contributed by atoms with Crippen LogP contribution in [0.25, 0.3) is 10.4 Å². The van der Waals surface area contributed by atoms with Gasteiger partial charge in [-0.15, -0.1) is 11.3 Å². The van der Waals surface area contributed by atoms with Gasteiger partial charge in [0.2, 0.25) is 0 Å². The minimum absolute atomic E-state index is 0.0221. The molecule has 0 bridgehead atoms. The molecule has 0 aliphatic rings. The maximum Gasteiger partial charge on any atom is 0.294 e. The van der Waals surface area contributed by atoms with E-state index in [0.717, 1.165) is 21.8 Å². The maximum absolute atomic E-state index is 13.3. The van der Waals surface area contributed by atoms with Crippen molar-refractivity contribution in [3.05, 3.63) is 47.3 Å². The van der Waals surface area contributed by atoms with Crippen molar-refractivity contribution in [1.29, 1.82) is 0 Å². The number of hydrogen-bond donors (Lipinski definition) is 1. The van der Waals surface area contributed by atoms with E-state index in [9.17, 15) is 8.78 Å². The molecule has 1 nitrogen and oxygen atoms in total. The molecule has 1 aromatic heterocycles. The van der Waals surface area contributed by atoms with Crippen LogP contribution in [-0.2, 0) is 5.92 Å². The summed E-state index contributed by atoms with van der Waals surface area (Å²) in [6.07, 6.45) is 0. The SMILES string of the molecule is NCC(F)(F)c1ccc(-c2ccccc2)s1. The molecule has 2 N–H and O–H groups in total. The monoisotopic (exact) mass is 239 g/mol. The van der Waals surface area contributed by atoms with Gasteiger partial charge in [-0.25, -0.2) is 0 Å². The molecule has 0 unspecified atom stereocenters. The molecule has 0 radical (unpaired) electrons. The van der Waals surface area contributed by atoms with Gasteiger partial charge < -0.3 is 5.73 Å². The molecule has 2 rings (SSSR count). The number of benzene rings is 1. The molecule has 2 aromatic rings. The van der Waals surface area contributed by atoms with Crippen molar-refractivity contribution in [1.82, 2.24) is 0 Å². The molecule has 84 valence electrons. The number of rotatable bonds is 3. The number of thiophene rings is 1. The molecular formula is C12H11F2NS. The molecule has 0 atom stereocenters. The third-order valence-corrected chi connectivity index (χ3v) is 3.53. The van der Waals surface area contributed by atoms with Crippen molar-refractivity contribution in [3.63, 3.8) is 0 Å². The summed E-state index contributed by atoms with van der Waals surface area (Å²) in [7, 11) is 0. The average molecular weight is 239 g/mol. The second-order valence-electron chi connectivity index (χ2n) is 3.44. The molecule has 16 heavy (non-hydrogen) atoms. The van der Waals surface area contributed by atoms with Crippen molar-refractivity contribution < 1.29 is 8.78 Å². The third kappa shape index (κ3) is 2.13. The van der Waals surface area contributed by atoms with E-state index in [4.69, 9.17) is 5.73 Å². The van der Waals surface area contributed by atoms with Crippen LogP contribution in [0.4, 0.5) is 8.78 Å². The van der Waals surface area contributed by atoms with E-state index in [0.29, 0.717) is 0 Å². The fourth-order valence-electron chi connectivity index (χ4n) is 1.39. The van der Waals surface area contributed by atoms with E-state index in [-0.39, 0.29) is 4.88 Å². The van der Waals surface area contributed by atoms with Gasteiger partial charge in [0.05, 0.1) is 11.4 Å². The Morgan fingerprint density at radius 3 is 2.38 bits per heavy atom. The van der Waals surface area contributed by atoms with Crippen molar-refractivity contribution >= 4 is 11.3 Å². The van der Waals surface area contributed by atoms with Gasteiger partial charge in [-0.2, -0.15) is 8.78 Å². The largest absolute Gasteiger partial charge is 0.325 e. The van der Waals surface area contributed by atoms with Crippen molar-refractivity contribution in [3.8, 4) is 10.4 Å². The fraction of sp³-hybridized carbons (Fsp3) is 0.167. The molecule has 0 fully saturated rings. The third-order valence-electron chi connectivity index (χ3n) is 2.28. The highest BCUT2D eigenvalue weighted by Gasteiger charge is 2.31. The lowest BCUT2D eigenvalue weighted by molar-refractivity contribution is 0.00990. The van der Waals surface area contributed by atoms with Gasteiger partial charge in [0.1, 0.15) is 0 Å². The van der Waals surface area contributed by atoms with Gasteiger partial charge >= 0.3 is 0 Å². The lowest BCUT2D eigenvalue weighted by atomic mass is 10.2. The van der Waals surface area contributed by atoms with Gasteiger partial charge in [0.25, 0.3) is 5.92 Å². The second kappa shape index (κ2) is 4.31. The summed E-state index contributed by atoms with van der Waals surface area (Å²) in [5, 5.41) is 0. The van der Waals surface area contributed by atoms with Crippen LogP contribution in [0.2, 0.25) is 0 Å². The summed E-state index contributed by atoms with van der Waals surface area (Å²) in [4.78, 5) is 0.859. The Balaban J connectivity index is 2.34. The molecule has 0 amide bonds. The van der Waals surface area contributed by atoms with Gasteiger partial charge in [-0.1, -0.05) is 30.3 Å².